The molecule has 2 N–H and O–H groups in total. The van der Waals surface area contributed by atoms with E-state index in [9.17, 15) is 24.5 Å². The fourth-order valence-corrected chi connectivity index (χ4v) is 2.49. The van der Waals surface area contributed by atoms with E-state index in [1.54, 1.807) is 31.2 Å². The fourth-order valence-electron chi connectivity index (χ4n) is 2.49. The Morgan fingerprint density at radius 3 is 2.42 bits per heavy atom. The van der Waals surface area contributed by atoms with Gasteiger partial charge in [0.2, 0.25) is 0 Å². The number of carbonyl (C=O) groups excluding carboxylic acids is 3. The lowest BCUT2D eigenvalue weighted by Crippen LogP contribution is -2.41. The predicted octanol–water partition coefficient (Wildman–Crippen LogP) is 2.18. The van der Waals surface area contributed by atoms with Crippen LogP contribution >= 0.6 is 0 Å². The first kappa shape index (κ1) is 23.1. The first-order valence-corrected chi connectivity index (χ1v) is 9.13. The molecule has 0 radical (unpaired) electrons. The number of methoxy groups -OCH3 is 1. The molecule has 164 valence electrons. The molecule has 11 nitrogen and oxygen atoms in total. The van der Waals surface area contributed by atoms with E-state index in [0.717, 1.165) is 17.7 Å². The molecule has 0 fully saturated rings. The molecule has 0 aromatic heterocycles. The van der Waals surface area contributed by atoms with Crippen LogP contribution in [0.2, 0.25) is 0 Å². The molecule has 0 bridgehead atoms. The Bertz CT molecular complexity index is 962. The Balaban J connectivity index is 1.97. The summed E-state index contributed by atoms with van der Waals surface area (Å²) in [7, 11) is 1.31. The second kappa shape index (κ2) is 11.1. The van der Waals surface area contributed by atoms with Gasteiger partial charge in [-0.1, -0.05) is 30.3 Å². The summed E-state index contributed by atoms with van der Waals surface area (Å²) in [6.45, 7) is 1.29. The summed E-state index contributed by atoms with van der Waals surface area (Å²) in [5, 5.41) is 15.8. The quantitative estimate of drug-likeness (QED) is 0.349. The van der Waals surface area contributed by atoms with E-state index in [0.29, 0.717) is 0 Å². The topological polar surface area (TPSA) is 146 Å². The normalized spacial score (nSPS) is 10.0. The van der Waals surface area contributed by atoms with Gasteiger partial charge in [0, 0.05) is 12.6 Å². The van der Waals surface area contributed by atoms with Crippen LogP contribution in [-0.4, -0.2) is 43.2 Å². The first-order chi connectivity index (χ1) is 14.8. The van der Waals surface area contributed by atoms with Gasteiger partial charge < -0.3 is 19.5 Å². The Hall–Kier alpha value is -4.15. The van der Waals surface area contributed by atoms with Crippen molar-refractivity contribution >= 4 is 23.6 Å². The summed E-state index contributed by atoms with van der Waals surface area (Å²) in [6.07, 6.45) is 0. The number of nitrogens with one attached hydrogen (secondary N) is 2. The average Bonchev–Trinajstić information content (AvgIpc) is 2.76. The lowest BCUT2D eigenvalue weighted by molar-refractivity contribution is -0.385. The van der Waals surface area contributed by atoms with Crippen LogP contribution in [0.3, 0.4) is 0 Å². The van der Waals surface area contributed by atoms with Crippen LogP contribution in [0.1, 0.15) is 22.8 Å². The first-order valence-electron chi connectivity index (χ1n) is 9.13. The summed E-state index contributed by atoms with van der Waals surface area (Å²) >= 11 is 0. The van der Waals surface area contributed by atoms with Crippen LogP contribution in [-0.2, 0) is 16.1 Å². The van der Waals surface area contributed by atoms with Gasteiger partial charge in [0.1, 0.15) is 5.56 Å². The van der Waals surface area contributed by atoms with Crippen molar-refractivity contribution in [3.8, 4) is 11.5 Å². The van der Waals surface area contributed by atoms with Crippen molar-refractivity contribution in [2.24, 2.45) is 0 Å². The zero-order chi connectivity index (χ0) is 22.8. The SMILES string of the molecule is CCOc1cc([N+](=O)[O-])c(C(=O)OCC(=O)NC(=O)NCc2ccccc2)cc1OC. The second-order valence-electron chi connectivity index (χ2n) is 6.00. The number of hydrogen-bond donors (Lipinski definition) is 2. The van der Waals surface area contributed by atoms with Gasteiger partial charge in [0.15, 0.2) is 18.1 Å². The van der Waals surface area contributed by atoms with E-state index in [2.05, 4.69) is 5.32 Å². The molecule has 2 aromatic carbocycles. The van der Waals surface area contributed by atoms with Crippen LogP contribution in [0.15, 0.2) is 42.5 Å². The van der Waals surface area contributed by atoms with Crippen molar-refractivity contribution < 1.29 is 33.5 Å². The van der Waals surface area contributed by atoms with Crippen molar-refractivity contribution in [3.63, 3.8) is 0 Å². The van der Waals surface area contributed by atoms with Gasteiger partial charge >= 0.3 is 12.0 Å². The molecule has 0 atom stereocenters. The van der Waals surface area contributed by atoms with Crippen LogP contribution in [0.5, 0.6) is 11.5 Å². The summed E-state index contributed by atoms with van der Waals surface area (Å²) in [6, 6.07) is 10.4. The number of carbonyl (C=O) groups is 3. The minimum atomic E-state index is -1.13. The third-order valence-electron chi connectivity index (χ3n) is 3.88. The Kier molecular flexibility index (Phi) is 8.31. The molecule has 3 amide bonds. The molecule has 0 saturated carbocycles. The molecule has 0 aliphatic rings. The standard InChI is InChI=1S/C20H21N3O8/c1-3-30-17-10-15(23(27)28)14(9-16(17)29-2)19(25)31-12-18(24)22-20(26)21-11-13-7-5-4-6-8-13/h4-10H,3,11-12H2,1-2H3,(H2,21,22,24,26). The molecule has 2 rings (SSSR count). The molecular weight excluding hydrogens is 410 g/mol. The number of nitro groups is 1. The van der Waals surface area contributed by atoms with Crippen LogP contribution in [0, 0.1) is 10.1 Å². The highest BCUT2D eigenvalue weighted by Crippen LogP contribution is 2.35. The van der Waals surface area contributed by atoms with E-state index >= 15 is 0 Å². The molecule has 2 aromatic rings. The minimum absolute atomic E-state index is 0.0843. The maximum atomic E-state index is 12.3. The molecule has 0 aliphatic heterocycles. The molecule has 0 aliphatic carbocycles. The molecule has 0 saturated heterocycles. The van der Waals surface area contributed by atoms with Gasteiger partial charge in [-0.3, -0.25) is 20.2 Å². The second-order valence-corrected chi connectivity index (χ2v) is 6.00. The summed E-state index contributed by atoms with van der Waals surface area (Å²) in [5.74, 6) is -1.86. The molecule has 0 heterocycles. The maximum Gasteiger partial charge on any atom is 0.345 e. The number of nitro benzene ring substituents is 1. The number of hydrogen-bond acceptors (Lipinski definition) is 8. The maximum absolute atomic E-state index is 12.3. The third-order valence-corrected chi connectivity index (χ3v) is 3.88. The van der Waals surface area contributed by atoms with Crippen molar-refractivity contribution in [2.75, 3.05) is 20.3 Å². The Labute approximate surface area is 177 Å². The Morgan fingerprint density at radius 2 is 1.81 bits per heavy atom. The van der Waals surface area contributed by atoms with Crippen molar-refractivity contribution in [2.45, 2.75) is 13.5 Å². The molecule has 11 heteroatoms. The van der Waals surface area contributed by atoms with Gasteiger partial charge in [-0.2, -0.15) is 0 Å². The number of esters is 1. The number of benzene rings is 2. The van der Waals surface area contributed by atoms with Gasteiger partial charge in [-0.25, -0.2) is 9.59 Å². The van der Waals surface area contributed by atoms with Crippen molar-refractivity contribution in [1.82, 2.24) is 10.6 Å². The van der Waals surface area contributed by atoms with Crippen molar-refractivity contribution in [1.29, 1.82) is 0 Å². The molecule has 31 heavy (non-hydrogen) atoms. The molecule has 0 unspecified atom stereocenters. The smallest absolute Gasteiger partial charge is 0.345 e. The summed E-state index contributed by atoms with van der Waals surface area (Å²) in [4.78, 5) is 46.5. The van der Waals surface area contributed by atoms with Crippen molar-refractivity contribution in [3.05, 3.63) is 63.7 Å². The number of amides is 3. The molecular formula is C20H21N3O8. The summed E-state index contributed by atoms with van der Waals surface area (Å²) < 4.78 is 15.1. The lowest BCUT2D eigenvalue weighted by Gasteiger charge is -2.11. The molecule has 0 spiro atoms. The average molecular weight is 431 g/mol. The van der Waals surface area contributed by atoms with Gasteiger partial charge in [-0.15, -0.1) is 0 Å². The largest absolute Gasteiger partial charge is 0.493 e. The number of imide groups is 1. The number of ether oxygens (including phenoxy) is 3. The lowest BCUT2D eigenvalue weighted by atomic mass is 10.1. The highest BCUT2D eigenvalue weighted by atomic mass is 16.6. The highest BCUT2D eigenvalue weighted by molar-refractivity contribution is 5.98. The van der Waals surface area contributed by atoms with E-state index in [1.807, 2.05) is 11.4 Å². The fraction of sp³-hybridized carbons (Fsp3) is 0.250. The van der Waals surface area contributed by atoms with E-state index in [1.165, 1.54) is 7.11 Å². The predicted molar refractivity (Wildman–Crippen MR) is 108 cm³/mol. The van der Waals surface area contributed by atoms with Gasteiger partial charge in [-0.05, 0) is 12.5 Å². The monoisotopic (exact) mass is 431 g/mol. The minimum Gasteiger partial charge on any atom is -0.493 e. The Morgan fingerprint density at radius 1 is 1.10 bits per heavy atom. The summed E-state index contributed by atoms with van der Waals surface area (Å²) in [5.41, 5.74) is -0.171. The third kappa shape index (κ3) is 6.70. The van der Waals surface area contributed by atoms with E-state index < -0.39 is 40.7 Å². The van der Waals surface area contributed by atoms with Crippen LogP contribution in [0.25, 0.3) is 0 Å². The number of rotatable bonds is 9. The van der Waals surface area contributed by atoms with Crippen LogP contribution < -0.4 is 20.1 Å². The van der Waals surface area contributed by atoms with Gasteiger partial charge in [0.05, 0.1) is 24.7 Å². The zero-order valence-electron chi connectivity index (χ0n) is 16.9. The van der Waals surface area contributed by atoms with E-state index in [-0.39, 0.29) is 24.7 Å². The number of urea groups is 1. The van der Waals surface area contributed by atoms with Crippen LogP contribution in [0.4, 0.5) is 10.5 Å². The highest BCUT2D eigenvalue weighted by Gasteiger charge is 2.26. The van der Waals surface area contributed by atoms with Gasteiger partial charge in [0.25, 0.3) is 11.6 Å². The van der Waals surface area contributed by atoms with E-state index in [4.69, 9.17) is 14.2 Å². The zero-order valence-corrected chi connectivity index (χ0v) is 16.9. The number of nitrogens with zero attached hydrogens (tertiary/aromatic N) is 1.